The first-order valence-corrected chi connectivity index (χ1v) is 6.21. The summed E-state index contributed by atoms with van der Waals surface area (Å²) in [5, 5.41) is 12.9. The van der Waals surface area contributed by atoms with Gasteiger partial charge in [0, 0.05) is 5.56 Å². The number of ether oxygens (including phenoxy) is 1. The second-order valence-electron chi connectivity index (χ2n) is 4.16. The lowest BCUT2D eigenvalue weighted by Gasteiger charge is -2.11. The van der Waals surface area contributed by atoms with E-state index in [-0.39, 0.29) is 28.1 Å². The molecule has 0 N–H and O–H groups in total. The van der Waals surface area contributed by atoms with Crippen LogP contribution in [0.3, 0.4) is 0 Å². The Morgan fingerprint density at radius 3 is 2.95 bits per heavy atom. The third kappa shape index (κ3) is 2.26. The third-order valence-electron chi connectivity index (χ3n) is 2.82. The molecule has 0 aliphatic rings. The average Bonchev–Trinajstić information content (AvgIpc) is 2.93. The van der Waals surface area contributed by atoms with Gasteiger partial charge in [-0.25, -0.2) is 4.39 Å². The Kier molecular flexibility index (Phi) is 3.16. The zero-order chi connectivity index (χ0) is 15.0. The number of aromatic nitrogens is 4. The Morgan fingerprint density at radius 2 is 2.24 bits per heavy atom. The Balaban J connectivity index is 2.12. The number of nitriles is 1. The summed E-state index contributed by atoms with van der Waals surface area (Å²) in [5.41, 5.74) is 0.702. The minimum Gasteiger partial charge on any atom is -0.435 e. The lowest BCUT2D eigenvalue weighted by atomic mass is 10.2. The number of hydrogen-bond acceptors (Lipinski definition) is 5. The number of rotatable bonds is 2. The summed E-state index contributed by atoms with van der Waals surface area (Å²) >= 11 is 5.99. The van der Waals surface area contributed by atoms with E-state index < -0.39 is 5.82 Å². The fourth-order valence-corrected chi connectivity index (χ4v) is 1.91. The van der Waals surface area contributed by atoms with Crippen molar-refractivity contribution in [1.29, 1.82) is 5.26 Å². The summed E-state index contributed by atoms with van der Waals surface area (Å²) in [6.45, 7) is 1.67. The molecular weight excluding hydrogens is 297 g/mol. The van der Waals surface area contributed by atoms with E-state index >= 15 is 0 Å². The Labute approximate surface area is 123 Å². The summed E-state index contributed by atoms with van der Waals surface area (Å²) in [5.74, 6) is -0.244. The molecule has 104 valence electrons. The first kappa shape index (κ1) is 13.3. The van der Waals surface area contributed by atoms with Crippen LogP contribution in [0.15, 0.2) is 24.5 Å². The summed E-state index contributed by atoms with van der Waals surface area (Å²) in [7, 11) is 0. The zero-order valence-electron chi connectivity index (χ0n) is 10.7. The summed E-state index contributed by atoms with van der Waals surface area (Å²) < 4.78 is 20.8. The monoisotopic (exact) mass is 303 g/mol. The predicted octanol–water partition coefficient (Wildman–Crippen LogP) is 2.89. The molecule has 2 aromatic heterocycles. The summed E-state index contributed by atoms with van der Waals surface area (Å²) in [4.78, 5) is 7.94. The van der Waals surface area contributed by atoms with E-state index in [9.17, 15) is 4.39 Å². The van der Waals surface area contributed by atoms with E-state index in [0.717, 1.165) is 6.07 Å². The molecule has 8 heteroatoms. The van der Waals surface area contributed by atoms with Crippen molar-refractivity contribution < 1.29 is 9.13 Å². The van der Waals surface area contributed by atoms with Gasteiger partial charge in [0.1, 0.15) is 11.5 Å². The van der Waals surface area contributed by atoms with Crippen molar-refractivity contribution in [3.05, 3.63) is 46.6 Å². The van der Waals surface area contributed by atoms with Gasteiger partial charge >= 0.3 is 0 Å². The molecule has 3 rings (SSSR count). The van der Waals surface area contributed by atoms with Crippen molar-refractivity contribution in [3.8, 4) is 17.7 Å². The zero-order valence-corrected chi connectivity index (χ0v) is 11.5. The molecule has 0 unspecified atom stereocenters. The molecule has 0 saturated heterocycles. The molecule has 21 heavy (non-hydrogen) atoms. The largest absolute Gasteiger partial charge is 0.435 e. The fraction of sp³-hybridized carbons (Fsp3) is 0.0769. The number of nitrogens with zero attached hydrogens (tertiary/aromatic N) is 5. The van der Waals surface area contributed by atoms with Crippen LogP contribution in [0.25, 0.3) is 5.78 Å². The highest BCUT2D eigenvalue weighted by molar-refractivity contribution is 6.30. The minimum atomic E-state index is -0.658. The molecule has 0 radical (unpaired) electrons. The van der Waals surface area contributed by atoms with Crippen molar-refractivity contribution in [2.75, 3.05) is 0 Å². The quantitative estimate of drug-likeness (QED) is 0.680. The normalized spacial score (nSPS) is 10.6. The van der Waals surface area contributed by atoms with Crippen LogP contribution in [-0.2, 0) is 0 Å². The van der Waals surface area contributed by atoms with Crippen molar-refractivity contribution in [2.24, 2.45) is 0 Å². The standard InChI is InChI=1S/C13H7ClFN5O/c1-7-11(14)19-13-17-6-18-20(13)12(7)21-10-3-2-8(5-16)4-9(10)15/h2-4,6H,1H3. The van der Waals surface area contributed by atoms with Crippen molar-refractivity contribution in [2.45, 2.75) is 6.92 Å². The van der Waals surface area contributed by atoms with Gasteiger partial charge in [-0.2, -0.15) is 24.8 Å². The molecule has 0 bridgehead atoms. The average molecular weight is 304 g/mol. The van der Waals surface area contributed by atoms with E-state index in [1.807, 2.05) is 6.07 Å². The lowest BCUT2D eigenvalue weighted by molar-refractivity contribution is 0.411. The van der Waals surface area contributed by atoms with Crippen molar-refractivity contribution in [3.63, 3.8) is 0 Å². The molecule has 0 spiro atoms. The fourth-order valence-electron chi connectivity index (χ4n) is 1.75. The van der Waals surface area contributed by atoms with Crippen LogP contribution in [0.1, 0.15) is 11.1 Å². The van der Waals surface area contributed by atoms with Gasteiger partial charge in [-0.1, -0.05) is 11.6 Å². The number of halogens is 2. The second-order valence-corrected chi connectivity index (χ2v) is 4.52. The van der Waals surface area contributed by atoms with Gasteiger partial charge in [0.15, 0.2) is 11.6 Å². The van der Waals surface area contributed by atoms with Gasteiger partial charge in [0.05, 0.1) is 11.6 Å². The molecule has 2 heterocycles. The van der Waals surface area contributed by atoms with E-state index in [4.69, 9.17) is 21.6 Å². The van der Waals surface area contributed by atoms with Crippen molar-refractivity contribution >= 4 is 17.4 Å². The highest BCUT2D eigenvalue weighted by atomic mass is 35.5. The van der Waals surface area contributed by atoms with Crippen LogP contribution >= 0.6 is 11.6 Å². The maximum Gasteiger partial charge on any atom is 0.256 e. The molecule has 0 saturated carbocycles. The molecule has 0 amide bonds. The molecule has 3 aromatic rings. The first-order chi connectivity index (χ1) is 10.1. The van der Waals surface area contributed by atoms with Gasteiger partial charge < -0.3 is 4.74 Å². The molecular formula is C13H7ClFN5O. The molecule has 0 fully saturated rings. The third-order valence-corrected chi connectivity index (χ3v) is 3.19. The van der Waals surface area contributed by atoms with E-state index in [2.05, 4.69) is 15.1 Å². The Bertz CT molecular complexity index is 886. The SMILES string of the molecule is Cc1c(Cl)nc2ncnn2c1Oc1ccc(C#N)cc1F. The van der Waals surface area contributed by atoms with Gasteiger partial charge in [-0.15, -0.1) is 0 Å². The van der Waals surface area contributed by atoms with E-state index in [1.54, 1.807) is 6.92 Å². The predicted molar refractivity (Wildman–Crippen MR) is 71.7 cm³/mol. The van der Waals surface area contributed by atoms with Crippen LogP contribution in [0.2, 0.25) is 5.15 Å². The minimum absolute atomic E-state index is 0.0452. The molecule has 0 aliphatic heterocycles. The maximum atomic E-state index is 13.9. The van der Waals surface area contributed by atoms with Gasteiger partial charge in [-0.05, 0) is 25.1 Å². The second kappa shape index (κ2) is 5.00. The summed E-state index contributed by atoms with van der Waals surface area (Å²) in [6.07, 6.45) is 1.29. The van der Waals surface area contributed by atoms with Gasteiger partial charge in [0.2, 0.25) is 5.88 Å². The maximum absolute atomic E-state index is 13.9. The molecule has 0 aliphatic carbocycles. The molecule has 1 aromatic carbocycles. The van der Waals surface area contributed by atoms with Crippen LogP contribution in [0.4, 0.5) is 4.39 Å². The van der Waals surface area contributed by atoms with E-state index in [1.165, 1.54) is 23.0 Å². The van der Waals surface area contributed by atoms with E-state index in [0.29, 0.717) is 5.56 Å². The van der Waals surface area contributed by atoms with Gasteiger partial charge in [0.25, 0.3) is 5.78 Å². The van der Waals surface area contributed by atoms with Crippen LogP contribution in [0, 0.1) is 24.1 Å². The van der Waals surface area contributed by atoms with Crippen LogP contribution in [0.5, 0.6) is 11.6 Å². The highest BCUT2D eigenvalue weighted by Crippen LogP contribution is 2.30. The number of hydrogen-bond donors (Lipinski definition) is 0. The van der Waals surface area contributed by atoms with Crippen LogP contribution < -0.4 is 4.74 Å². The lowest BCUT2D eigenvalue weighted by Crippen LogP contribution is -2.02. The Hall–Kier alpha value is -2.72. The van der Waals surface area contributed by atoms with Crippen LogP contribution in [-0.4, -0.2) is 19.6 Å². The van der Waals surface area contributed by atoms with Gasteiger partial charge in [-0.3, -0.25) is 0 Å². The smallest absolute Gasteiger partial charge is 0.256 e. The Morgan fingerprint density at radius 1 is 1.43 bits per heavy atom. The number of fused-ring (bicyclic) bond motifs is 1. The highest BCUT2D eigenvalue weighted by Gasteiger charge is 2.16. The molecule has 6 nitrogen and oxygen atoms in total. The summed E-state index contributed by atoms with van der Waals surface area (Å²) in [6, 6.07) is 5.76. The number of benzene rings is 1. The van der Waals surface area contributed by atoms with Crippen molar-refractivity contribution in [1.82, 2.24) is 19.6 Å². The molecule has 0 atom stereocenters. The topological polar surface area (TPSA) is 76.1 Å². The first-order valence-electron chi connectivity index (χ1n) is 5.83.